The van der Waals surface area contributed by atoms with E-state index >= 15 is 0 Å². The van der Waals surface area contributed by atoms with Gasteiger partial charge in [-0.05, 0) is 23.5 Å². The van der Waals surface area contributed by atoms with Crippen LogP contribution in [-0.4, -0.2) is 54.3 Å². The van der Waals surface area contributed by atoms with Crippen molar-refractivity contribution >= 4 is 17.8 Å². The summed E-state index contributed by atoms with van der Waals surface area (Å²) in [4.78, 5) is 40.2. The van der Waals surface area contributed by atoms with Crippen molar-refractivity contribution in [3.05, 3.63) is 35.4 Å². The highest BCUT2D eigenvalue weighted by molar-refractivity contribution is 5.80. The Kier molecular flexibility index (Phi) is 7.39. The van der Waals surface area contributed by atoms with Crippen molar-refractivity contribution in [1.82, 2.24) is 9.80 Å². The van der Waals surface area contributed by atoms with Gasteiger partial charge in [0.25, 0.3) is 0 Å². The second-order valence-corrected chi connectivity index (χ2v) is 7.44. The number of carbonyl (C=O) groups is 3. The first-order chi connectivity index (χ1) is 12.8. The smallest absolute Gasteiger partial charge is 0.307 e. The highest BCUT2D eigenvalue weighted by Crippen LogP contribution is 2.32. The minimum atomic E-state index is -0.329. The molecule has 0 bridgehead atoms. The Bertz CT molecular complexity index is 687. The van der Waals surface area contributed by atoms with Crippen molar-refractivity contribution in [1.29, 1.82) is 0 Å². The number of rotatable bonds is 7. The fraction of sp³-hybridized carbons (Fsp3) is 0.571. The molecular formula is C21H30N2O4. The van der Waals surface area contributed by atoms with Gasteiger partial charge in [0.2, 0.25) is 11.8 Å². The van der Waals surface area contributed by atoms with Crippen LogP contribution in [0.25, 0.3) is 0 Å². The van der Waals surface area contributed by atoms with Gasteiger partial charge in [0.15, 0.2) is 0 Å². The molecule has 0 N–H and O–H groups in total. The largest absolute Gasteiger partial charge is 0.469 e. The van der Waals surface area contributed by atoms with Crippen LogP contribution in [0.15, 0.2) is 24.3 Å². The fourth-order valence-electron chi connectivity index (χ4n) is 3.63. The average Bonchev–Trinajstić information content (AvgIpc) is 2.64. The summed E-state index contributed by atoms with van der Waals surface area (Å²) in [7, 11) is 1.35. The van der Waals surface area contributed by atoms with Gasteiger partial charge in [-0.25, -0.2) is 0 Å². The summed E-state index contributed by atoms with van der Waals surface area (Å²) >= 11 is 0. The summed E-state index contributed by atoms with van der Waals surface area (Å²) in [6.45, 7) is 7.15. The number of hydrogen-bond donors (Lipinski definition) is 0. The molecule has 27 heavy (non-hydrogen) atoms. The molecule has 0 spiro atoms. The first-order valence-corrected chi connectivity index (χ1v) is 9.53. The SMILES string of the molecule is COC(=O)CCN(CC(C)C)C(=O)CC1c2ccccc2CCN1C(C)=O. The van der Waals surface area contributed by atoms with Gasteiger partial charge in [-0.2, -0.15) is 0 Å². The summed E-state index contributed by atoms with van der Waals surface area (Å²) in [5.41, 5.74) is 2.24. The van der Waals surface area contributed by atoms with Crippen LogP contribution in [0.2, 0.25) is 0 Å². The van der Waals surface area contributed by atoms with Crippen LogP contribution in [0.3, 0.4) is 0 Å². The molecule has 0 aromatic heterocycles. The van der Waals surface area contributed by atoms with E-state index in [4.69, 9.17) is 4.74 Å². The van der Waals surface area contributed by atoms with Crippen LogP contribution in [0.5, 0.6) is 0 Å². The molecule has 1 unspecified atom stereocenters. The standard InChI is InChI=1S/C21H30N2O4/c1-15(2)14-22(11-10-21(26)27-4)20(25)13-19-18-8-6-5-7-17(18)9-12-23(19)16(3)24/h5-8,15,19H,9-14H2,1-4H3. The summed E-state index contributed by atoms with van der Waals surface area (Å²) in [6, 6.07) is 7.75. The Balaban J connectivity index is 2.19. The molecule has 2 rings (SSSR count). The summed E-state index contributed by atoms with van der Waals surface area (Å²) in [5.74, 6) is -0.105. The number of hydrogen-bond acceptors (Lipinski definition) is 4. The molecule has 0 fully saturated rings. The molecule has 1 atom stereocenters. The van der Waals surface area contributed by atoms with E-state index in [9.17, 15) is 14.4 Å². The fourth-order valence-corrected chi connectivity index (χ4v) is 3.63. The summed E-state index contributed by atoms with van der Waals surface area (Å²) in [5, 5.41) is 0. The topological polar surface area (TPSA) is 66.9 Å². The molecule has 2 amide bonds. The van der Waals surface area contributed by atoms with E-state index in [1.54, 1.807) is 16.7 Å². The molecule has 1 aromatic carbocycles. The van der Waals surface area contributed by atoms with Gasteiger partial charge in [0.1, 0.15) is 0 Å². The van der Waals surface area contributed by atoms with Crippen LogP contribution in [0, 0.1) is 5.92 Å². The Morgan fingerprint density at radius 2 is 1.96 bits per heavy atom. The van der Waals surface area contributed by atoms with E-state index < -0.39 is 0 Å². The van der Waals surface area contributed by atoms with E-state index in [0.717, 1.165) is 12.0 Å². The normalized spacial score (nSPS) is 16.0. The van der Waals surface area contributed by atoms with E-state index in [0.29, 0.717) is 19.6 Å². The number of nitrogens with zero attached hydrogens (tertiary/aromatic N) is 2. The van der Waals surface area contributed by atoms with Gasteiger partial charge in [-0.3, -0.25) is 14.4 Å². The zero-order valence-corrected chi connectivity index (χ0v) is 16.7. The molecule has 1 aromatic rings. The lowest BCUT2D eigenvalue weighted by Crippen LogP contribution is -2.43. The first-order valence-electron chi connectivity index (χ1n) is 9.53. The molecule has 6 nitrogen and oxygen atoms in total. The second-order valence-electron chi connectivity index (χ2n) is 7.44. The number of carbonyl (C=O) groups excluding carboxylic acids is 3. The quantitative estimate of drug-likeness (QED) is 0.688. The maximum absolute atomic E-state index is 13.1. The average molecular weight is 374 g/mol. The van der Waals surface area contributed by atoms with Gasteiger partial charge in [0.05, 0.1) is 26.0 Å². The van der Waals surface area contributed by atoms with Gasteiger partial charge in [-0.1, -0.05) is 38.1 Å². The van der Waals surface area contributed by atoms with Crippen molar-refractivity contribution < 1.29 is 19.1 Å². The molecule has 0 saturated carbocycles. The minimum Gasteiger partial charge on any atom is -0.469 e. The number of methoxy groups -OCH3 is 1. The molecule has 1 aliphatic heterocycles. The molecule has 1 aliphatic rings. The number of amides is 2. The van der Waals surface area contributed by atoms with Crippen molar-refractivity contribution in [2.24, 2.45) is 5.92 Å². The Hall–Kier alpha value is -2.37. The van der Waals surface area contributed by atoms with Crippen molar-refractivity contribution in [2.75, 3.05) is 26.7 Å². The molecule has 0 radical (unpaired) electrons. The third kappa shape index (κ3) is 5.55. The van der Waals surface area contributed by atoms with Crippen LogP contribution in [0.4, 0.5) is 0 Å². The Morgan fingerprint density at radius 3 is 2.59 bits per heavy atom. The third-order valence-corrected chi connectivity index (χ3v) is 4.94. The molecule has 6 heteroatoms. The molecular weight excluding hydrogens is 344 g/mol. The third-order valence-electron chi connectivity index (χ3n) is 4.94. The molecule has 0 aliphatic carbocycles. The molecule has 1 heterocycles. The molecule has 148 valence electrons. The highest BCUT2D eigenvalue weighted by atomic mass is 16.5. The van der Waals surface area contributed by atoms with Gasteiger partial charge in [-0.15, -0.1) is 0 Å². The van der Waals surface area contributed by atoms with Crippen LogP contribution in [-0.2, 0) is 25.5 Å². The Morgan fingerprint density at radius 1 is 1.26 bits per heavy atom. The maximum atomic E-state index is 13.1. The lowest BCUT2D eigenvalue weighted by Gasteiger charge is -2.37. The van der Waals surface area contributed by atoms with Gasteiger partial charge >= 0.3 is 5.97 Å². The number of benzene rings is 1. The lowest BCUT2D eigenvalue weighted by atomic mass is 9.90. The number of fused-ring (bicyclic) bond motifs is 1. The van der Waals surface area contributed by atoms with Gasteiger partial charge < -0.3 is 14.5 Å². The van der Waals surface area contributed by atoms with Crippen LogP contribution < -0.4 is 0 Å². The summed E-state index contributed by atoms with van der Waals surface area (Å²) < 4.78 is 4.70. The zero-order chi connectivity index (χ0) is 20.0. The zero-order valence-electron chi connectivity index (χ0n) is 16.7. The van der Waals surface area contributed by atoms with Crippen LogP contribution in [0.1, 0.15) is 50.8 Å². The maximum Gasteiger partial charge on any atom is 0.307 e. The number of esters is 1. The van der Waals surface area contributed by atoms with E-state index in [-0.39, 0.29) is 42.6 Å². The van der Waals surface area contributed by atoms with E-state index in [2.05, 4.69) is 6.07 Å². The van der Waals surface area contributed by atoms with E-state index in [1.807, 2.05) is 32.0 Å². The first kappa shape index (κ1) is 20.9. The monoisotopic (exact) mass is 374 g/mol. The summed E-state index contributed by atoms with van der Waals surface area (Å²) in [6.07, 6.45) is 1.20. The van der Waals surface area contributed by atoms with Crippen molar-refractivity contribution in [3.8, 4) is 0 Å². The predicted octanol–water partition coefficient (Wildman–Crippen LogP) is 2.57. The Labute approximate surface area is 161 Å². The van der Waals surface area contributed by atoms with E-state index in [1.165, 1.54) is 12.7 Å². The minimum absolute atomic E-state index is 0.0210. The molecule has 0 saturated heterocycles. The van der Waals surface area contributed by atoms with Gasteiger partial charge in [0, 0.05) is 26.6 Å². The number of ether oxygens (including phenoxy) is 1. The highest BCUT2D eigenvalue weighted by Gasteiger charge is 2.32. The predicted molar refractivity (Wildman–Crippen MR) is 103 cm³/mol. The van der Waals surface area contributed by atoms with Crippen LogP contribution >= 0.6 is 0 Å². The second kappa shape index (κ2) is 9.53. The van der Waals surface area contributed by atoms with Crippen molar-refractivity contribution in [2.45, 2.75) is 46.1 Å². The lowest BCUT2D eigenvalue weighted by molar-refractivity contribution is -0.142. The van der Waals surface area contributed by atoms with Crippen molar-refractivity contribution in [3.63, 3.8) is 0 Å².